The normalized spacial score (nSPS) is 27.7. The molecule has 1 unspecified atom stereocenters. The maximum Gasteiger partial charge on any atom is 0.152 e. The van der Waals surface area contributed by atoms with Crippen LogP contribution in [0.4, 0.5) is 0 Å². The number of piperidine rings is 1. The monoisotopic (exact) mass is 171 g/mol. The zero-order valence-electron chi connectivity index (χ0n) is 8.00. The summed E-state index contributed by atoms with van der Waals surface area (Å²) in [5.74, 6) is -0.00931. The van der Waals surface area contributed by atoms with Crippen molar-refractivity contribution in [1.29, 1.82) is 0 Å². The van der Waals surface area contributed by atoms with Crippen molar-refractivity contribution in [3.05, 3.63) is 0 Å². The number of nitrogens with zero attached hydrogens (tertiary/aromatic N) is 1. The second-order valence-corrected chi connectivity index (χ2v) is 4.20. The van der Waals surface area contributed by atoms with Crippen molar-refractivity contribution < 1.29 is 9.90 Å². The summed E-state index contributed by atoms with van der Waals surface area (Å²) in [5, 5.41) is 9.66. The molecule has 1 aliphatic heterocycles. The first-order chi connectivity index (χ1) is 5.41. The fourth-order valence-electron chi connectivity index (χ4n) is 1.71. The van der Waals surface area contributed by atoms with E-state index >= 15 is 0 Å². The molecule has 0 amide bonds. The number of carbonyl (C=O) groups is 1. The maximum atomic E-state index is 11.4. The molecule has 0 aromatic rings. The first-order valence-corrected chi connectivity index (χ1v) is 4.35. The molecule has 1 heterocycles. The molecule has 3 nitrogen and oxygen atoms in total. The third-order valence-electron chi connectivity index (χ3n) is 2.47. The lowest BCUT2D eigenvalue weighted by molar-refractivity contribution is -0.134. The van der Waals surface area contributed by atoms with Gasteiger partial charge < -0.3 is 5.11 Å². The van der Waals surface area contributed by atoms with Gasteiger partial charge in [-0.1, -0.05) is 0 Å². The quantitative estimate of drug-likeness (QED) is 0.616. The lowest BCUT2D eigenvalue weighted by atomic mass is 9.82. The Balaban J connectivity index is 2.63. The van der Waals surface area contributed by atoms with Crippen LogP contribution in [0, 0.1) is 5.92 Å². The summed E-state index contributed by atoms with van der Waals surface area (Å²) in [4.78, 5) is 13.4. The molecular formula is C9H17NO2. The van der Waals surface area contributed by atoms with Gasteiger partial charge in [0, 0.05) is 5.92 Å². The highest BCUT2D eigenvalue weighted by molar-refractivity contribution is 5.84. The molecule has 1 N–H and O–H groups in total. The van der Waals surface area contributed by atoms with E-state index in [0.29, 0.717) is 6.54 Å². The number of Topliss-reactive ketones (excluding diaryl/α,β-unsaturated/α-hetero) is 1. The Hall–Kier alpha value is -0.410. The number of hydrogen-bond acceptors (Lipinski definition) is 3. The van der Waals surface area contributed by atoms with Crippen LogP contribution in [0.1, 0.15) is 20.3 Å². The number of ketones is 1. The van der Waals surface area contributed by atoms with E-state index in [1.54, 1.807) is 13.8 Å². The van der Waals surface area contributed by atoms with Gasteiger partial charge in [0.25, 0.3) is 0 Å². The standard InChI is InChI=1S/C9H17NO2/c1-9(2,12)7-4-5-10(3)6-8(7)11/h7,12H,4-6H2,1-3H3. The van der Waals surface area contributed by atoms with E-state index in [0.717, 1.165) is 13.0 Å². The zero-order chi connectivity index (χ0) is 9.35. The summed E-state index contributed by atoms with van der Waals surface area (Å²) >= 11 is 0. The molecule has 0 aliphatic carbocycles. The molecular weight excluding hydrogens is 154 g/mol. The van der Waals surface area contributed by atoms with Crippen molar-refractivity contribution in [1.82, 2.24) is 4.90 Å². The Bertz CT molecular complexity index is 183. The topological polar surface area (TPSA) is 40.5 Å². The van der Waals surface area contributed by atoms with E-state index in [1.165, 1.54) is 0 Å². The summed E-state index contributed by atoms with van der Waals surface area (Å²) in [6.07, 6.45) is 0.777. The Morgan fingerprint density at radius 3 is 2.58 bits per heavy atom. The third-order valence-corrected chi connectivity index (χ3v) is 2.47. The molecule has 70 valence electrons. The second-order valence-electron chi connectivity index (χ2n) is 4.20. The number of carbonyl (C=O) groups excluding carboxylic acids is 1. The van der Waals surface area contributed by atoms with Crippen molar-refractivity contribution in [3.63, 3.8) is 0 Å². The van der Waals surface area contributed by atoms with Crippen LogP contribution >= 0.6 is 0 Å². The van der Waals surface area contributed by atoms with Gasteiger partial charge in [0.05, 0.1) is 12.1 Å². The molecule has 0 saturated carbocycles. The summed E-state index contributed by atoms with van der Waals surface area (Å²) < 4.78 is 0. The molecule has 0 radical (unpaired) electrons. The number of likely N-dealkylation sites (tertiary alicyclic amines) is 1. The van der Waals surface area contributed by atoms with Gasteiger partial charge in [0.1, 0.15) is 0 Å². The van der Waals surface area contributed by atoms with E-state index in [-0.39, 0.29) is 11.7 Å². The van der Waals surface area contributed by atoms with Gasteiger partial charge in [-0.2, -0.15) is 0 Å². The molecule has 1 fully saturated rings. The van der Waals surface area contributed by atoms with Crippen molar-refractivity contribution in [2.75, 3.05) is 20.1 Å². The van der Waals surface area contributed by atoms with E-state index in [1.807, 2.05) is 11.9 Å². The highest BCUT2D eigenvalue weighted by atomic mass is 16.3. The molecule has 1 rings (SSSR count). The third kappa shape index (κ3) is 2.05. The highest BCUT2D eigenvalue weighted by Crippen LogP contribution is 2.24. The number of aliphatic hydroxyl groups is 1. The van der Waals surface area contributed by atoms with Gasteiger partial charge in [0.15, 0.2) is 5.78 Å². The van der Waals surface area contributed by atoms with Crippen LogP contribution in [0.5, 0.6) is 0 Å². The number of hydrogen-bond donors (Lipinski definition) is 1. The summed E-state index contributed by atoms with van der Waals surface area (Å²) in [6.45, 7) is 4.80. The molecule has 0 aromatic heterocycles. The Labute approximate surface area is 73.4 Å². The molecule has 1 atom stereocenters. The lowest BCUT2D eigenvalue weighted by Crippen LogP contribution is -2.47. The Kier molecular flexibility index (Phi) is 2.54. The molecule has 3 heteroatoms. The van der Waals surface area contributed by atoms with E-state index < -0.39 is 5.60 Å². The number of rotatable bonds is 1. The highest BCUT2D eigenvalue weighted by Gasteiger charge is 2.35. The summed E-state index contributed by atoms with van der Waals surface area (Å²) in [6, 6.07) is 0. The van der Waals surface area contributed by atoms with Crippen LogP contribution in [0.3, 0.4) is 0 Å². The Morgan fingerprint density at radius 1 is 1.58 bits per heavy atom. The van der Waals surface area contributed by atoms with Gasteiger partial charge in [-0.15, -0.1) is 0 Å². The van der Waals surface area contributed by atoms with Crippen molar-refractivity contribution in [2.24, 2.45) is 5.92 Å². The largest absolute Gasteiger partial charge is 0.390 e. The first-order valence-electron chi connectivity index (χ1n) is 4.35. The van der Waals surface area contributed by atoms with E-state index in [4.69, 9.17) is 0 Å². The van der Waals surface area contributed by atoms with E-state index in [2.05, 4.69) is 0 Å². The van der Waals surface area contributed by atoms with Gasteiger partial charge in [-0.05, 0) is 33.9 Å². The first kappa shape index (κ1) is 9.68. The van der Waals surface area contributed by atoms with Crippen molar-refractivity contribution in [3.8, 4) is 0 Å². The average molecular weight is 171 g/mol. The van der Waals surface area contributed by atoms with Crippen LogP contribution in [-0.4, -0.2) is 41.5 Å². The van der Waals surface area contributed by atoms with Crippen molar-refractivity contribution in [2.45, 2.75) is 25.9 Å². The molecule has 1 saturated heterocycles. The van der Waals surface area contributed by atoms with Gasteiger partial charge in [-0.25, -0.2) is 0 Å². The van der Waals surface area contributed by atoms with Crippen molar-refractivity contribution >= 4 is 5.78 Å². The molecule has 0 aromatic carbocycles. The van der Waals surface area contributed by atoms with Crippen LogP contribution in [0.2, 0.25) is 0 Å². The smallest absolute Gasteiger partial charge is 0.152 e. The molecule has 12 heavy (non-hydrogen) atoms. The zero-order valence-corrected chi connectivity index (χ0v) is 8.00. The summed E-state index contributed by atoms with van der Waals surface area (Å²) in [5.41, 5.74) is -0.849. The average Bonchev–Trinajstić information content (AvgIpc) is 1.83. The fourth-order valence-corrected chi connectivity index (χ4v) is 1.71. The van der Waals surface area contributed by atoms with Crippen LogP contribution in [-0.2, 0) is 4.79 Å². The minimum atomic E-state index is -0.849. The summed E-state index contributed by atoms with van der Waals surface area (Å²) in [7, 11) is 1.93. The second kappa shape index (κ2) is 3.15. The van der Waals surface area contributed by atoms with Gasteiger partial charge in [-0.3, -0.25) is 9.69 Å². The van der Waals surface area contributed by atoms with Crippen LogP contribution in [0.15, 0.2) is 0 Å². The van der Waals surface area contributed by atoms with Crippen LogP contribution < -0.4 is 0 Å². The minimum absolute atomic E-state index is 0.163. The molecule has 0 spiro atoms. The lowest BCUT2D eigenvalue weighted by Gasteiger charge is -2.34. The fraction of sp³-hybridized carbons (Fsp3) is 0.889. The predicted octanol–water partition coefficient (Wildman–Crippen LogP) is 0.278. The van der Waals surface area contributed by atoms with Crippen LogP contribution in [0.25, 0.3) is 0 Å². The number of likely N-dealkylation sites (N-methyl/N-ethyl adjacent to an activating group) is 1. The molecule has 1 aliphatic rings. The predicted molar refractivity (Wildman–Crippen MR) is 46.9 cm³/mol. The van der Waals surface area contributed by atoms with E-state index in [9.17, 15) is 9.90 Å². The SMILES string of the molecule is CN1CCC(C(C)(C)O)C(=O)C1. The maximum absolute atomic E-state index is 11.4. The minimum Gasteiger partial charge on any atom is -0.390 e. The Morgan fingerprint density at radius 2 is 2.17 bits per heavy atom. The molecule has 0 bridgehead atoms. The van der Waals surface area contributed by atoms with Gasteiger partial charge >= 0.3 is 0 Å². The van der Waals surface area contributed by atoms with Gasteiger partial charge in [0.2, 0.25) is 0 Å².